The first-order chi connectivity index (χ1) is 14.5. The summed E-state index contributed by atoms with van der Waals surface area (Å²) in [6.45, 7) is 2.14. The Morgan fingerprint density at radius 2 is 1.67 bits per heavy atom. The number of carbonyl (C=O) groups is 1. The molecule has 3 nitrogen and oxygen atoms in total. The molecule has 0 aliphatic rings. The van der Waals surface area contributed by atoms with E-state index >= 15 is 0 Å². The van der Waals surface area contributed by atoms with Crippen molar-refractivity contribution in [2.45, 2.75) is 32.6 Å². The minimum absolute atomic E-state index is 0.0994. The van der Waals surface area contributed by atoms with E-state index in [0.717, 1.165) is 19.3 Å². The molecule has 0 saturated carbocycles. The molecule has 152 valence electrons. The molecule has 0 aliphatic carbocycles. The molecule has 5 heteroatoms. The number of halogens is 2. The van der Waals surface area contributed by atoms with Gasteiger partial charge in [-0.1, -0.05) is 60.5 Å². The molecule has 0 saturated heterocycles. The van der Waals surface area contributed by atoms with Gasteiger partial charge in [-0.3, -0.25) is 4.79 Å². The van der Waals surface area contributed by atoms with Crippen molar-refractivity contribution in [2.75, 3.05) is 0 Å². The molecule has 0 aliphatic heterocycles. The highest BCUT2D eigenvalue weighted by atomic mass is 35.5. The number of hydrogen-bond donors (Lipinski definition) is 0. The molecule has 1 aromatic heterocycles. The number of fused-ring (bicyclic) bond motifs is 1. The minimum Gasteiger partial charge on any atom is -0.436 e. The number of nitrogens with zero attached hydrogens (tertiary/aromatic N) is 1. The molecule has 0 amide bonds. The van der Waals surface area contributed by atoms with Gasteiger partial charge in [0, 0.05) is 12.0 Å². The Balaban J connectivity index is 1.47. The number of benzene rings is 3. The van der Waals surface area contributed by atoms with Crippen molar-refractivity contribution < 1.29 is 9.21 Å². The topological polar surface area (TPSA) is 43.1 Å². The van der Waals surface area contributed by atoms with Crippen LogP contribution in [0.25, 0.3) is 22.6 Å². The van der Waals surface area contributed by atoms with Crippen LogP contribution in [-0.2, 0) is 12.8 Å². The maximum absolute atomic E-state index is 12.7. The zero-order valence-electron chi connectivity index (χ0n) is 16.6. The average molecular weight is 438 g/mol. The lowest BCUT2D eigenvalue weighted by Crippen LogP contribution is -2.00. The molecule has 0 fully saturated rings. The summed E-state index contributed by atoms with van der Waals surface area (Å²) >= 11 is 12.5. The maximum atomic E-state index is 12.7. The smallest absolute Gasteiger partial charge is 0.230 e. The first kappa shape index (κ1) is 20.6. The van der Waals surface area contributed by atoms with Crippen LogP contribution in [0.1, 0.15) is 41.3 Å². The number of aryl methyl sites for hydroxylation is 2. The van der Waals surface area contributed by atoms with Crippen LogP contribution in [0.5, 0.6) is 0 Å². The molecule has 30 heavy (non-hydrogen) atoms. The lowest BCUT2D eigenvalue weighted by atomic mass is 10.0. The first-order valence-corrected chi connectivity index (χ1v) is 10.8. The third-order valence-corrected chi connectivity index (χ3v) is 5.82. The Kier molecular flexibility index (Phi) is 6.21. The highest BCUT2D eigenvalue weighted by Crippen LogP contribution is 2.35. The van der Waals surface area contributed by atoms with Crippen LogP contribution in [0.4, 0.5) is 0 Å². The SMILES string of the molecule is CCc1ccc(CCCC(=O)c2ccc3oc(-c4c(Cl)cccc4Cl)nc3c2)cc1. The van der Waals surface area contributed by atoms with Crippen LogP contribution in [-0.4, -0.2) is 10.8 Å². The number of Topliss-reactive ketones (excluding diaryl/α,β-unsaturated/α-hetero) is 1. The molecule has 0 atom stereocenters. The summed E-state index contributed by atoms with van der Waals surface area (Å²) in [5, 5.41) is 0.939. The highest BCUT2D eigenvalue weighted by molar-refractivity contribution is 6.38. The van der Waals surface area contributed by atoms with Gasteiger partial charge in [0.1, 0.15) is 5.52 Å². The van der Waals surface area contributed by atoms with Crippen molar-refractivity contribution >= 4 is 40.1 Å². The van der Waals surface area contributed by atoms with Gasteiger partial charge in [-0.25, -0.2) is 4.98 Å². The van der Waals surface area contributed by atoms with Crippen LogP contribution in [0.3, 0.4) is 0 Å². The van der Waals surface area contributed by atoms with E-state index in [2.05, 4.69) is 36.2 Å². The van der Waals surface area contributed by atoms with E-state index < -0.39 is 0 Å². The minimum atomic E-state index is 0.0994. The lowest BCUT2D eigenvalue weighted by Gasteiger charge is -2.03. The Morgan fingerprint density at radius 1 is 0.967 bits per heavy atom. The summed E-state index contributed by atoms with van der Waals surface area (Å²) in [4.78, 5) is 17.2. The predicted molar refractivity (Wildman–Crippen MR) is 123 cm³/mol. The number of oxazole rings is 1. The Morgan fingerprint density at radius 3 is 2.37 bits per heavy atom. The summed E-state index contributed by atoms with van der Waals surface area (Å²) < 4.78 is 5.82. The van der Waals surface area contributed by atoms with Crippen LogP contribution < -0.4 is 0 Å². The van der Waals surface area contributed by atoms with Gasteiger partial charge >= 0.3 is 0 Å². The van der Waals surface area contributed by atoms with E-state index in [0.29, 0.717) is 44.6 Å². The largest absolute Gasteiger partial charge is 0.436 e. The molecule has 4 aromatic rings. The highest BCUT2D eigenvalue weighted by Gasteiger charge is 2.16. The van der Waals surface area contributed by atoms with Crippen molar-refractivity contribution in [1.29, 1.82) is 0 Å². The van der Waals surface area contributed by atoms with E-state index in [1.54, 1.807) is 36.4 Å². The van der Waals surface area contributed by atoms with Crippen molar-refractivity contribution in [3.05, 3.63) is 87.4 Å². The fourth-order valence-electron chi connectivity index (χ4n) is 3.45. The Bertz CT molecular complexity index is 1180. The van der Waals surface area contributed by atoms with E-state index in [4.69, 9.17) is 27.6 Å². The first-order valence-electron chi connectivity index (χ1n) is 10.0. The number of aromatic nitrogens is 1. The van der Waals surface area contributed by atoms with Gasteiger partial charge in [0.05, 0.1) is 15.6 Å². The van der Waals surface area contributed by atoms with Gasteiger partial charge < -0.3 is 4.42 Å². The predicted octanol–water partition coefficient (Wildman–Crippen LogP) is 7.57. The third-order valence-electron chi connectivity index (χ3n) is 5.19. The zero-order valence-corrected chi connectivity index (χ0v) is 18.1. The molecule has 4 rings (SSSR count). The van der Waals surface area contributed by atoms with Crippen molar-refractivity contribution in [3.8, 4) is 11.5 Å². The molecule has 0 bridgehead atoms. The normalized spacial score (nSPS) is 11.2. The van der Waals surface area contributed by atoms with Crippen molar-refractivity contribution in [1.82, 2.24) is 4.98 Å². The second-order valence-electron chi connectivity index (χ2n) is 7.24. The monoisotopic (exact) mass is 437 g/mol. The van der Waals surface area contributed by atoms with Gasteiger partial charge in [0.2, 0.25) is 5.89 Å². The second-order valence-corrected chi connectivity index (χ2v) is 8.06. The fourth-order valence-corrected chi connectivity index (χ4v) is 4.01. The van der Waals surface area contributed by atoms with Crippen LogP contribution >= 0.6 is 23.2 Å². The zero-order chi connectivity index (χ0) is 21.1. The van der Waals surface area contributed by atoms with Crippen LogP contribution in [0.15, 0.2) is 65.1 Å². The molecular formula is C25H21Cl2NO2. The van der Waals surface area contributed by atoms with E-state index in [9.17, 15) is 4.79 Å². The quantitative estimate of drug-likeness (QED) is 0.280. The van der Waals surface area contributed by atoms with Gasteiger partial charge in [-0.15, -0.1) is 0 Å². The summed E-state index contributed by atoms with van der Waals surface area (Å²) in [6.07, 6.45) is 3.22. The Labute approximate surface area is 185 Å². The van der Waals surface area contributed by atoms with E-state index in [1.165, 1.54) is 11.1 Å². The van der Waals surface area contributed by atoms with Crippen molar-refractivity contribution in [2.24, 2.45) is 0 Å². The molecule has 1 heterocycles. The lowest BCUT2D eigenvalue weighted by molar-refractivity contribution is 0.0980. The third kappa shape index (κ3) is 4.43. The van der Waals surface area contributed by atoms with E-state index in [-0.39, 0.29) is 5.78 Å². The van der Waals surface area contributed by atoms with E-state index in [1.807, 2.05) is 0 Å². The molecule has 3 aromatic carbocycles. The summed E-state index contributed by atoms with van der Waals surface area (Å²) in [5.74, 6) is 0.447. The van der Waals surface area contributed by atoms with Crippen molar-refractivity contribution in [3.63, 3.8) is 0 Å². The number of hydrogen-bond acceptors (Lipinski definition) is 3. The van der Waals surface area contributed by atoms with Crippen LogP contribution in [0.2, 0.25) is 10.0 Å². The fraction of sp³-hybridized carbons (Fsp3) is 0.200. The molecule has 0 N–H and O–H groups in total. The number of rotatable bonds is 7. The van der Waals surface area contributed by atoms with Gasteiger partial charge in [-0.05, 0) is 60.7 Å². The standard InChI is InChI=1S/C25H21Cl2NO2/c1-2-16-9-11-17(12-10-16)5-3-8-22(29)18-13-14-23-21(15-18)28-25(30-23)24-19(26)6-4-7-20(24)27/h4,6-7,9-15H,2-3,5,8H2,1H3. The molecule has 0 unspecified atom stereocenters. The molecule has 0 radical (unpaired) electrons. The molecular weight excluding hydrogens is 417 g/mol. The summed E-state index contributed by atoms with van der Waals surface area (Å²) in [5.41, 5.74) is 4.98. The summed E-state index contributed by atoms with van der Waals surface area (Å²) in [7, 11) is 0. The maximum Gasteiger partial charge on any atom is 0.230 e. The van der Waals surface area contributed by atoms with Gasteiger partial charge in [-0.2, -0.15) is 0 Å². The summed E-state index contributed by atoms with van der Waals surface area (Å²) in [6, 6.07) is 19.2. The number of ketones is 1. The van der Waals surface area contributed by atoms with Gasteiger partial charge in [0.25, 0.3) is 0 Å². The van der Waals surface area contributed by atoms with Crippen LogP contribution in [0, 0.1) is 0 Å². The van der Waals surface area contributed by atoms with Gasteiger partial charge in [0.15, 0.2) is 11.4 Å². The molecule has 0 spiro atoms. The Hall–Kier alpha value is -2.62. The number of carbonyl (C=O) groups excluding carboxylic acids is 1. The second kappa shape index (κ2) is 9.03. The average Bonchev–Trinajstić information content (AvgIpc) is 3.16.